The third-order valence-corrected chi connectivity index (χ3v) is 4.06. The van der Waals surface area contributed by atoms with Crippen LogP contribution in [0.2, 0.25) is 0 Å². The second kappa shape index (κ2) is 8.92. The molecule has 2 aromatic carbocycles. The molecule has 1 aromatic heterocycles. The second-order valence-electron chi connectivity index (χ2n) is 5.31. The predicted molar refractivity (Wildman–Crippen MR) is 98.2 cm³/mol. The Morgan fingerprint density at radius 3 is 2.79 bits per heavy atom. The maximum absolute atomic E-state index is 13.2. The highest BCUT2D eigenvalue weighted by atomic mass is 32.2. The summed E-state index contributed by atoms with van der Waals surface area (Å²) in [6.07, 6.45) is 0. The van der Waals surface area contributed by atoms with Crippen LogP contribution in [-0.2, 0) is 4.74 Å². The summed E-state index contributed by atoms with van der Waals surface area (Å²) >= 11 is 1.19. The number of esters is 1. The van der Waals surface area contributed by atoms with Crippen LogP contribution in [0.3, 0.4) is 0 Å². The van der Waals surface area contributed by atoms with Crippen LogP contribution in [0, 0.1) is 17.7 Å². The number of aromatic hydroxyl groups is 2. The van der Waals surface area contributed by atoms with Crippen molar-refractivity contribution in [2.24, 2.45) is 0 Å². The summed E-state index contributed by atoms with van der Waals surface area (Å²) in [5.74, 6) is 4.17. The molecule has 0 spiro atoms. The molecule has 0 amide bonds. The first-order valence-electron chi connectivity index (χ1n) is 7.90. The zero-order valence-electron chi connectivity index (χ0n) is 14.3. The minimum atomic E-state index is -0.672. The minimum absolute atomic E-state index is 0.0993. The van der Waals surface area contributed by atoms with Crippen LogP contribution in [0.4, 0.5) is 4.39 Å². The average Bonchev–Trinajstić information content (AvgIpc) is 3.15. The largest absolute Gasteiger partial charge is 0.504 e. The first kappa shape index (κ1) is 19.3. The van der Waals surface area contributed by atoms with Gasteiger partial charge in [0.15, 0.2) is 18.1 Å². The number of halogens is 1. The van der Waals surface area contributed by atoms with Crippen LogP contribution in [-0.4, -0.2) is 38.7 Å². The average molecular weight is 400 g/mol. The molecule has 0 atom stereocenters. The SMILES string of the molecule is O=C(OCC#CCSc1nnc(-c2cccc(F)c2)o1)c1ccc(O)c(O)c1. The molecule has 28 heavy (non-hydrogen) atoms. The number of benzene rings is 2. The van der Waals surface area contributed by atoms with Crippen molar-refractivity contribution in [1.82, 2.24) is 10.2 Å². The van der Waals surface area contributed by atoms with E-state index in [9.17, 15) is 19.4 Å². The highest BCUT2D eigenvalue weighted by molar-refractivity contribution is 7.99. The van der Waals surface area contributed by atoms with E-state index >= 15 is 0 Å². The van der Waals surface area contributed by atoms with Crippen LogP contribution in [0.5, 0.6) is 11.5 Å². The fraction of sp³-hybridized carbons (Fsp3) is 0.105. The van der Waals surface area contributed by atoms with Crippen molar-refractivity contribution in [3.63, 3.8) is 0 Å². The van der Waals surface area contributed by atoms with E-state index in [0.29, 0.717) is 11.3 Å². The van der Waals surface area contributed by atoms with Gasteiger partial charge in [0.2, 0.25) is 5.89 Å². The molecule has 0 aliphatic carbocycles. The Labute approximate surface area is 163 Å². The molecule has 7 nitrogen and oxygen atoms in total. The van der Waals surface area contributed by atoms with Gasteiger partial charge in [0.1, 0.15) is 5.82 Å². The summed E-state index contributed by atoms with van der Waals surface area (Å²) < 4.78 is 23.6. The number of carbonyl (C=O) groups is 1. The van der Waals surface area contributed by atoms with Gasteiger partial charge in [0, 0.05) is 5.56 Å². The van der Waals surface area contributed by atoms with E-state index in [1.54, 1.807) is 12.1 Å². The molecule has 0 aliphatic heterocycles. The normalized spacial score (nSPS) is 10.2. The number of hydrogen-bond donors (Lipinski definition) is 2. The number of hydrogen-bond acceptors (Lipinski definition) is 8. The first-order chi connectivity index (χ1) is 13.5. The summed E-state index contributed by atoms with van der Waals surface area (Å²) in [6.45, 7) is -0.139. The quantitative estimate of drug-likeness (QED) is 0.291. The van der Waals surface area contributed by atoms with Crippen molar-refractivity contribution >= 4 is 17.7 Å². The van der Waals surface area contributed by atoms with Crippen molar-refractivity contribution in [3.8, 4) is 34.8 Å². The predicted octanol–water partition coefficient (Wildman–Crippen LogP) is 3.24. The highest BCUT2D eigenvalue weighted by Crippen LogP contribution is 2.25. The van der Waals surface area contributed by atoms with Gasteiger partial charge in [-0.15, -0.1) is 10.2 Å². The Balaban J connectivity index is 1.45. The number of ether oxygens (including phenoxy) is 1. The van der Waals surface area contributed by atoms with Crippen molar-refractivity contribution < 1.29 is 28.6 Å². The van der Waals surface area contributed by atoms with Gasteiger partial charge in [-0.3, -0.25) is 0 Å². The minimum Gasteiger partial charge on any atom is -0.504 e. The molecule has 0 saturated carbocycles. The van der Waals surface area contributed by atoms with Crippen LogP contribution in [0.25, 0.3) is 11.5 Å². The first-order valence-corrected chi connectivity index (χ1v) is 8.88. The van der Waals surface area contributed by atoms with E-state index in [2.05, 4.69) is 22.0 Å². The summed E-state index contributed by atoms with van der Waals surface area (Å²) in [7, 11) is 0. The maximum Gasteiger partial charge on any atom is 0.339 e. The van der Waals surface area contributed by atoms with Crippen LogP contribution >= 0.6 is 11.8 Å². The molecule has 0 unspecified atom stereocenters. The summed E-state index contributed by atoms with van der Waals surface area (Å²) in [5.41, 5.74) is 0.583. The Morgan fingerprint density at radius 1 is 1.14 bits per heavy atom. The molecule has 9 heteroatoms. The lowest BCUT2D eigenvalue weighted by molar-refractivity contribution is 0.0556. The maximum atomic E-state index is 13.2. The fourth-order valence-corrected chi connectivity index (χ4v) is 2.58. The molecule has 1 heterocycles. The molecule has 142 valence electrons. The van der Waals surface area contributed by atoms with Gasteiger partial charge in [0.05, 0.1) is 11.3 Å². The number of nitrogens with zero attached hydrogens (tertiary/aromatic N) is 2. The second-order valence-corrected chi connectivity index (χ2v) is 6.23. The molecule has 0 aliphatic rings. The van der Waals surface area contributed by atoms with Crippen LogP contribution < -0.4 is 0 Å². The molecule has 3 rings (SSSR count). The van der Waals surface area contributed by atoms with Gasteiger partial charge >= 0.3 is 5.97 Å². The lowest BCUT2D eigenvalue weighted by Gasteiger charge is -2.02. The molecule has 0 fully saturated rings. The molecule has 3 aromatic rings. The summed E-state index contributed by atoms with van der Waals surface area (Å²) in [5, 5.41) is 26.6. The summed E-state index contributed by atoms with van der Waals surface area (Å²) in [6, 6.07) is 9.45. The van der Waals surface area contributed by atoms with Crippen molar-refractivity contribution in [3.05, 3.63) is 53.8 Å². The molecule has 0 radical (unpaired) electrons. The molecule has 2 N–H and O–H groups in total. The standard InChI is InChI=1S/C19H13FN2O5S/c20-14-5-3-4-12(10-14)17-21-22-19(27-17)28-9-2-1-8-26-18(25)13-6-7-15(23)16(24)11-13/h3-7,10-11,23-24H,8-9H2. The smallest absolute Gasteiger partial charge is 0.339 e. The zero-order valence-corrected chi connectivity index (χ0v) is 15.1. The number of phenols is 2. The van der Waals surface area contributed by atoms with Gasteiger partial charge in [-0.25, -0.2) is 9.18 Å². The van der Waals surface area contributed by atoms with Crippen molar-refractivity contribution in [2.45, 2.75) is 5.22 Å². The van der Waals surface area contributed by atoms with Crippen LogP contribution in [0.15, 0.2) is 52.1 Å². The number of rotatable bonds is 5. The Bertz CT molecular complexity index is 1060. The number of carbonyl (C=O) groups excluding carboxylic acids is 1. The number of aromatic nitrogens is 2. The molecular formula is C19H13FN2O5S. The Morgan fingerprint density at radius 2 is 2.00 bits per heavy atom. The molecule has 0 bridgehead atoms. The monoisotopic (exact) mass is 400 g/mol. The van der Waals surface area contributed by atoms with E-state index in [1.165, 1.54) is 36.0 Å². The van der Waals surface area contributed by atoms with Gasteiger partial charge < -0.3 is 19.4 Å². The van der Waals surface area contributed by atoms with E-state index in [4.69, 9.17) is 9.15 Å². The number of thioether (sulfide) groups is 1. The van der Waals surface area contributed by atoms with Gasteiger partial charge in [0.25, 0.3) is 5.22 Å². The van der Waals surface area contributed by atoms with E-state index in [-0.39, 0.29) is 29.0 Å². The topological polar surface area (TPSA) is 106 Å². The fourth-order valence-electron chi connectivity index (χ4n) is 2.04. The van der Waals surface area contributed by atoms with Gasteiger partial charge in [-0.1, -0.05) is 29.7 Å². The molecular weight excluding hydrogens is 387 g/mol. The van der Waals surface area contributed by atoms with E-state index in [1.807, 2.05) is 0 Å². The Hall–Kier alpha value is -3.51. The Kier molecular flexibility index (Phi) is 6.14. The van der Waals surface area contributed by atoms with E-state index in [0.717, 1.165) is 6.07 Å². The molecule has 0 saturated heterocycles. The van der Waals surface area contributed by atoms with Gasteiger partial charge in [-0.05, 0) is 36.4 Å². The lowest BCUT2D eigenvalue weighted by Crippen LogP contribution is -2.05. The van der Waals surface area contributed by atoms with E-state index < -0.39 is 17.5 Å². The third kappa shape index (κ3) is 5.02. The highest BCUT2D eigenvalue weighted by Gasteiger charge is 2.10. The van der Waals surface area contributed by atoms with Crippen molar-refractivity contribution in [2.75, 3.05) is 12.4 Å². The zero-order chi connectivity index (χ0) is 19.9. The van der Waals surface area contributed by atoms with Crippen molar-refractivity contribution in [1.29, 1.82) is 0 Å². The summed E-state index contributed by atoms with van der Waals surface area (Å²) in [4.78, 5) is 11.8. The lowest BCUT2D eigenvalue weighted by atomic mass is 10.2. The van der Waals surface area contributed by atoms with Gasteiger partial charge in [-0.2, -0.15) is 0 Å². The third-order valence-electron chi connectivity index (χ3n) is 3.36. The number of phenolic OH excluding ortho intramolecular Hbond substituents is 2. The van der Waals surface area contributed by atoms with Crippen LogP contribution in [0.1, 0.15) is 10.4 Å².